The van der Waals surface area contributed by atoms with Crippen molar-refractivity contribution in [2.45, 2.75) is 84.0 Å². The lowest BCUT2D eigenvalue weighted by atomic mass is 9.91. The summed E-state index contributed by atoms with van der Waals surface area (Å²) < 4.78 is 10.8. The predicted molar refractivity (Wildman–Crippen MR) is 205 cm³/mol. The standard InChI is InChI=1S/C42H51N5O7/c1-28(2)36(46-41(51)53-26-32-18-12-7-13-19-32)39(49)44-34(24-30-14-8-5-9-15-30)38(48)35(25-31-16-10-6-11-17-31)45-40(50)37(29(3)4)47-42(52)54-27-33-20-22-43-23-21-33/h5-23,28-29,34-38,48H,24-27H2,1-4H3,(H,44,49)(H,45,50)(H,46,51)(H,47,52)/t34-,35-,36+,37-,38-/m0/s1. The molecule has 1 heterocycles. The van der Waals surface area contributed by atoms with Crippen LogP contribution in [-0.2, 0) is 45.1 Å². The van der Waals surface area contributed by atoms with Gasteiger partial charge in [-0.15, -0.1) is 0 Å². The quantitative estimate of drug-likeness (QED) is 0.0941. The van der Waals surface area contributed by atoms with Gasteiger partial charge in [-0.05, 0) is 59.1 Å². The van der Waals surface area contributed by atoms with Gasteiger partial charge in [0.1, 0.15) is 25.3 Å². The van der Waals surface area contributed by atoms with Crippen LogP contribution in [0.15, 0.2) is 116 Å². The van der Waals surface area contributed by atoms with Crippen LogP contribution in [0.5, 0.6) is 0 Å². The van der Waals surface area contributed by atoms with Gasteiger partial charge in [0.25, 0.3) is 0 Å². The number of nitrogens with zero attached hydrogens (tertiary/aromatic N) is 1. The first-order chi connectivity index (χ1) is 26.0. The highest BCUT2D eigenvalue weighted by Crippen LogP contribution is 2.16. The summed E-state index contributed by atoms with van der Waals surface area (Å²) in [6.07, 6.45) is 0.760. The van der Waals surface area contributed by atoms with E-state index in [2.05, 4.69) is 26.3 Å². The van der Waals surface area contributed by atoms with E-state index >= 15 is 0 Å². The Hall–Kier alpha value is -5.75. The molecule has 4 aromatic rings. The largest absolute Gasteiger partial charge is 0.445 e. The van der Waals surface area contributed by atoms with Gasteiger partial charge in [0.05, 0.1) is 18.2 Å². The van der Waals surface area contributed by atoms with Gasteiger partial charge in [-0.25, -0.2) is 9.59 Å². The highest BCUT2D eigenvalue weighted by molar-refractivity contribution is 5.87. The third-order valence-corrected chi connectivity index (χ3v) is 8.85. The molecule has 1 aromatic heterocycles. The first kappa shape index (κ1) is 41.0. The molecular weight excluding hydrogens is 686 g/mol. The first-order valence-electron chi connectivity index (χ1n) is 18.2. The number of aromatic nitrogens is 1. The molecule has 0 aliphatic heterocycles. The molecule has 286 valence electrons. The van der Waals surface area contributed by atoms with Crippen molar-refractivity contribution in [2.24, 2.45) is 11.8 Å². The van der Waals surface area contributed by atoms with Gasteiger partial charge in [-0.1, -0.05) is 119 Å². The molecule has 0 radical (unpaired) electrons. The fourth-order valence-electron chi connectivity index (χ4n) is 5.83. The Balaban J connectivity index is 1.54. The topological polar surface area (TPSA) is 168 Å². The highest BCUT2D eigenvalue weighted by Gasteiger charge is 2.35. The fraction of sp³-hybridized carbons (Fsp3) is 0.357. The van der Waals surface area contributed by atoms with Crippen molar-refractivity contribution >= 4 is 24.0 Å². The Bertz CT molecular complexity index is 1620. The van der Waals surface area contributed by atoms with Gasteiger partial charge in [0.2, 0.25) is 11.8 Å². The molecule has 54 heavy (non-hydrogen) atoms. The predicted octanol–water partition coefficient (Wildman–Crippen LogP) is 5.10. The second-order valence-electron chi connectivity index (χ2n) is 13.8. The Morgan fingerprint density at radius 1 is 0.537 bits per heavy atom. The average Bonchev–Trinajstić information content (AvgIpc) is 3.17. The maximum Gasteiger partial charge on any atom is 0.408 e. The van der Waals surface area contributed by atoms with Gasteiger partial charge in [0.15, 0.2) is 0 Å². The molecule has 0 spiro atoms. The number of ether oxygens (including phenoxy) is 2. The molecule has 5 N–H and O–H groups in total. The molecule has 4 rings (SSSR count). The van der Waals surface area contributed by atoms with Crippen LogP contribution in [0.2, 0.25) is 0 Å². The lowest BCUT2D eigenvalue weighted by molar-refractivity contribution is -0.126. The van der Waals surface area contributed by atoms with Crippen LogP contribution >= 0.6 is 0 Å². The van der Waals surface area contributed by atoms with E-state index in [9.17, 15) is 24.3 Å². The number of pyridine rings is 1. The van der Waals surface area contributed by atoms with Crippen LogP contribution in [0.3, 0.4) is 0 Å². The minimum absolute atomic E-state index is 0.00598. The number of aliphatic hydroxyl groups is 1. The molecule has 0 saturated heterocycles. The second-order valence-corrected chi connectivity index (χ2v) is 13.8. The van der Waals surface area contributed by atoms with E-state index in [1.165, 1.54) is 0 Å². The average molecular weight is 738 g/mol. The molecule has 0 unspecified atom stereocenters. The number of carbonyl (C=O) groups excluding carboxylic acids is 4. The fourth-order valence-corrected chi connectivity index (χ4v) is 5.83. The molecule has 0 aliphatic rings. The molecule has 3 aromatic carbocycles. The van der Waals surface area contributed by atoms with Crippen LogP contribution in [0.1, 0.15) is 49.9 Å². The smallest absolute Gasteiger partial charge is 0.408 e. The number of benzene rings is 3. The summed E-state index contributed by atoms with van der Waals surface area (Å²) in [6, 6.07) is 27.5. The van der Waals surface area contributed by atoms with Crippen LogP contribution in [0, 0.1) is 11.8 Å². The van der Waals surface area contributed by atoms with Gasteiger partial charge in [-0.2, -0.15) is 0 Å². The van der Waals surface area contributed by atoms with Gasteiger partial charge in [-0.3, -0.25) is 14.6 Å². The van der Waals surface area contributed by atoms with Crippen molar-refractivity contribution in [2.75, 3.05) is 0 Å². The lowest BCUT2D eigenvalue weighted by Crippen LogP contribution is -2.61. The first-order valence-corrected chi connectivity index (χ1v) is 18.2. The van der Waals surface area contributed by atoms with Crippen molar-refractivity contribution < 1.29 is 33.8 Å². The Kier molecular flexibility index (Phi) is 16.0. The van der Waals surface area contributed by atoms with E-state index in [4.69, 9.17) is 9.47 Å². The molecule has 0 saturated carbocycles. The van der Waals surface area contributed by atoms with Crippen LogP contribution in [0.4, 0.5) is 9.59 Å². The van der Waals surface area contributed by atoms with Gasteiger partial charge >= 0.3 is 12.2 Å². The number of rotatable bonds is 18. The van der Waals surface area contributed by atoms with Crippen molar-refractivity contribution in [3.63, 3.8) is 0 Å². The number of aliphatic hydroxyl groups excluding tert-OH is 1. The molecular formula is C42H51N5O7. The third-order valence-electron chi connectivity index (χ3n) is 8.85. The summed E-state index contributed by atoms with van der Waals surface area (Å²) in [5, 5.41) is 23.5. The van der Waals surface area contributed by atoms with E-state index in [0.29, 0.717) is 0 Å². The third kappa shape index (κ3) is 13.3. The summed E-state index contributed by atoms with van der Waals surface area (Å²) in [4.78, 5) is 57.5. The monoisotopic (exact) mass is 737 g/mol. The van der Waals surface area contributed by atoms with Crippen molar-refractivity contribution in [1.82, 2.24) is 26.3 Å². The molecule has 12 heteroatoms. The zero-order valence-electron chi connectivity index (χ0n) is 31.2. The molecule has 12 nitrogen and oxygen atoms in total. The van der Waals surface area contributed by atoms with Crippen molar-refractivity contribution in [1.29, 1.82) is 0 Å². The van der Waals surface area contributed by atoms with Crippen LogP contribution in [0.25, 0.3) is 0 Å². The Morgan fingerprint density at radius 3 is 1.26 bits per heavy atom. The molecule has 0 aliphatic carbocycles. The number of carbonyl (C=O) groups is 4. The number of hydrogen-bond acceptors (Lipinski definition) is 8. The molecule has 4 amide bonds. The maximum atomic E-state index is 13.9. The van der Waals surface area contributed by atoms with E-state index in [1.54, 1.807) is 52.2 Å². The maximum absolute atomic E-state index is 13.9. The Labute approximate surface area is 317 Å². The lowest BCUT2D eigenvalue weighted by Gasteiger charge is -2.34. The van der Waals surface area contributed by atoms with E-state index in [0.717, 1.165) is 22.3 Å². The van der Waals surface area contributed by atoms with E-state index in [-0.39, 0.29) is 37.9 Å². The van der Waals surface area contributed by atoms with Gasteiger partial charge < -0.3 is 35.8 Å². The zero-order valence-corrected chi connectivity index (χ0v) is 31.2. The summed E-state index contributed by atoms with van der Waals surface area (Å²) in [6.45, 7) is 7.20. The second kappa shape index (κ2) is 21.1. The normalized spacial score (nSPS) is 13.8. The Morgan fingerprint density at radius 2 is 0.889 bits per heavy atom. The van der Waals surface area contributed by atoms with Crippen LogP contribution < -0.4 is 21.3 Å². The highest BCUT2D eigenvalue weighted by atomic mass is 16.6. The summed E-state index contributed by atoms with van der Waals surface area (Å²) in [7, 11) is 0. The number of alkyl carbamates (subject to hydrolysis) is 2. The summed E-state index contributed by atoms with van der Waals surface area (Å²) in [5.41, 5.74) is 3.21. The van der Waals surface area contributed by atoms with Crippen molar-refractivity contribution in [3.8, 4) is 0 Å². The zero-order chi connectivity index (χ0) is 38.9. The van der Waals surface area contributed by atoms with E-state index < -0.39 is 54.3 Å². The summed E-state index contributed by atoms with van der Waals surface area (Å²) in [5.74, 6) is -1.73. The SMILES string of the molecule is CC(C)[C@H](NC(=O)OCc1ccncc1)C(=O)N[C@@H](Cc1ccccc1)[C@@H](O)[C@H](Cc1ccccc1)NC(=O)[C@H](NC(=O)OCc1ccccc1)C(C)C. The van der Waals surface area contributed by atoms with Crippen LogP contribution in [-0.4, -0.2) is 64.4 Å². The van der Waals surface area contributed by atoms with E-state index in [1.807, 2.05) is 91.0 Å². The van der Waals surface area contributed by atoms with Gasteiger partial charge in [0, 0.05) is 12.4 Å². The molecule has 5 atom stereocenters. The molecule has 0 fully saturated rings. The number of nitrogens with one attached hydrogen (secondary N) is 4. The number of hydrogen-bond donors (Lipinski definition) is 5. The molecule has 0 bridgehead atoms. The summed E-state index contributed by atoms with van der Waals surface area (Å²) >= 11 is 0. The number of amides is 4. The van der Waals surface area contributed by atoms with Crippen molar-refractivity contribution in [3.05, 3.63) is 138 Å². The minimum Gasteiger partial charge on any atom is -0.445 e. The minimum atomic E-state index is -1.32.